The monoisotopic (exact) mass is 370 g/mol. The maximum absolute atomic E-state index is 12.3. The number of carboxylic acids is 1. The van der Waals surface area contributed by atoms with Gasteiger partial charge in [-0.25, -0.2) is 4.79 Å². The molecule has 0 aromatic carbocycles. The summed E-state index contributed by atoms with van der Waals surface area (Å²) >= 11 is 0. The highest BCUT2D eigenvalue weighted by Crippen LogP contribution is 2.25. The van der Waals surface area contributed by atoms with Crippen molar-refractivity contribution < 1.29 is 19.4 Å². The van der Waals surface area contributed by atoms with Crippen molar-refractivity contribution in [2.24, 2.45) is 0 Å². The van der Waals surface area contributed by atoms with Crippen molar-refractivity contribution in [1.82, 2.24) is 20.0 Å². The summed E-state index contributed by atoms with van der Waals surface area (Å²) in [6, 6.07) is 0.341. The van der Waals surface area contributed by atoms with Crippen LogP contribution in [0, 0.1) is 0 Å². The van der Waals surface area contributed by atoms with Crippen LogP contribution in [0.2, 0.25) is 0 Å². The molecule has 2 rings (SSSR count). The van der Waals surface area contributed by atoms with Gasteiger partial charge in [0.1, 0.15) is 0 Å². The number of urea groups is 1. The SMILES string of the molecule is CCN(CC(=O)O)C1CC(NC(=O)N(C)CCN2C[C@@H](C)O[C@@H](C)C2)C1. The zero-order valence-corrected chi connectivity index (χ0v) is 16.5. The van der Waals surface area contributed by atoms with Crippen molar-refractivity contribution in [2.45, 2.75) is 57.9 Å². The third-order valence-corrected chi connectivity index (χ3v) is 5.30. The molecule has 1 saturated heterocycles. The fourth-order valence-electron chi connectivity index (χ4n) is 3.82. The van der Waals surface area contributed by atoms with E-state index in [0.29, 0.717) is 13.1 Å². The Kier molecular flexibility index (Phi) is 7.67. The van der Waals surface area contributed by atoms with Gasteiger partial charge in [0.25, 0.3) is 0 Å². The summed E-state index contributed by atoms with van der Waals surface area (Å²) in [5.41, 5.74) is 0. The van der Waals surface area contributed by atoms with Crippen LogP contribution in [0.1, 0.15) is 33.6 Å². The highest BCUT2D eigenvalue weighted by Gasteiger charge is 2.35. The summed E-state index contributed by atoms with van der Waals surface area (Å²) in [4.78, 5) is 29.2. The Hall–Kier alpha value is -1.38. The Labute approximate surface area is 156 Å². The Morgan fingerprint density at radius 1 is 1.23 bits per heavy atom. The van der Waals surface area contributed by atoms with E-state index in [2.05, 4.69) is 24.1 Å². The Morgan fingerprint density at radius 3 is 2.38 bits per heavy atom. The Balaban J connectivity index is 1.66. The Morgan fingerprint density at radius 2 is 1.85 bits per heavy atom. The number of nitrogens with zero attached hydrogens (tertiary/aromatic N) is 3. The quantitative estimate of drug-likeness (QED) is 0.653. The second-order valence-corrected chi connectivity index (χ2v) is 7.67. The molecular weight excluding hydrogens is 336 g/mol. The van der Waals surface area contributed by atoms with E-state index in [0.717, 1.165) is 32.5 Å². The predicted octanol–water partition coefficient (Wildman–Crippen LogP) is 0.675. The third kappa shape index (κ3) is 6.10. The van der Waals surface area contributed by atoms with Crippen molar-refractivity contribution in [3.63, 3.8) is 0 Å². The number of aliphatic carboxylic acids is 1. The average Bonchev–Trinajstić information content (AvgIpc) is 2.52. The summed E-state index contributed by atoms with van der Waals surface area (Å²) in [6.45, 7) is 10.2. The van der Waals surface area contributed by atoms with Crippen molar-refractivity contribution in [2.75, 3.05) is 46.3 Å². The van der Waals surface area contributed by atoms with E-state index in [-0.39, 0.29) is 36.9 Å². The molecule has 2 aliphatic rings. The first kappa shape index (κ1) is 20.9. The van der Waals surface area contributed by atoms with Crippen LogP contribution in [0.15, 0.2) is 0 Å². The van der Waals surface area contributed by atoms with Gasteiger partial charge < -0.3 is 20.1 Å². The molecule has 150 valence electrons. The van der Waals surface area contributed by atoms with Gasteiger partial charge in [-0.1, -0.05) is 6.92 Å². The van der Waals surface area contributed by atoms with Crippen LogP contribution in [-0.2, 0) is 9.53 Å². The molecule has 2 atom stereocenters. The van der Waals surface area contributed by atoms with Gasteiger partial charge in [-0.05, 0) is 33.2 Å². The van der Waals surface area contributed by atoms with E-state index in [1.807, 2.05) is 18.9 Å². The van der Waals surface area contributed by atoms with Gasteiger partial charge in [0, 0.05) is 45.3 Å². The molecule has 1 aliphatic carbocycles. The summed E-state index contributed by atoms with van der Waals surface area (Å²) < 4.78 is 5.73. The van der Waals surface area contributed by atoms with Crippen molar-refractivity contribution in [3.8, 4) is 0 Å². The average molecular weight is 370 g/mol. The highest BCUT2D eigenvalue weighted by atomic mass is 16.5. The molecule has 2 fully saturated rings. The number of carbonyl (C=O) groups is 2. The van der Waals surface area contributed by atoms with Crippen molar-refractivity contribution in [3.05, 3.63) is 0 Å². The maximum atomic E-state index is 12.3. The zero-order chi connectivity index (χ0) is 19.3. The van der Waals surface area contributed by atoms with Gasteiger partial charge in [0.2, 0.25) is 0 Å². The molecule has 8 heteroatoms. The van der Waals surface area contributed by atoms with Gasteiger partial charge in [0.15, 0.2) is 0 Å². The second-order valence-electron chi connectivity index (χ2n) is 7.67. The van der Waals surface area contributed by atoms with Gasteiger partial charge in [0.05, 0.1) is 18.8 Å². The van der Waals surface area contributed by atoms with Crippen LogP contribution in [0.5, 0.6) is 0 Å². The molecule has 1 aliphatic heterocycles. The van der Waals surface area contributed by atoms with Crippen molar-refractivity contribution in [1.29, 1.82) is 0 Å². The minimum Gasteiger partial charge on any atom is -0.480 e. The molecule has 26 heavy (non-hydrogen) atoms. The first-order valence-electron chi connectivity index (χ1n) is 9.63. The number of nitrogens with one attached hydrogen (secondary N) is 1. The first-order valence-corrected chi connectivity index (χ1v) is 9.63. The molecule has 0 radical (unpaired) electrons. The number of carbonyl (C=O) groups excluding carboxylic acids is 1. The molecule has 0 bridgehead atoms. The van der Waals surface area contributed by atoms with E-state index >= 15 is 0 Å². The van der Waals surface area contributed by atoms with E-state index in [9.17, 15) is 9.59 Å². The molecule has 1 saturated carbocycles. The second kappa shape index (κ2) is 9.53. The summed E-state index contributed by atoms with van der Waals surface area (Å²) in [5.74, 6) is -0.800. The standard InChI is InChI=1S/C18H34N4O4/c1-5-22(12-17(23)24)16-8-15(9-16)19-18(25)20(4)6-7-21-10-13(2)26-14(3)11-21/h13-16H,5-12H2,1-4H3,(H,19,25)(H,23,24)/t13-,14+,15?,16?. The topological polar surface area (TPSA) is 85.4 Å². The molecule has 2 N–H and O–H groups in total. The highest BCUT2D eigenvalue weighted by molar-refractivity contribution is 5.74. The van der Waals surface area contributed by atoms with Crippen LogP contribution in [0.25, 0.3) is 0 Å². The van der Waals surface area contributed by atoms with Gasteiger partial charge in [-0.15, -0.1) is 0 Å². The van der Waals surface area contributed by atoms with Crippen LogP contribution >= 0.6 is 0 Å². The van der Waals surface area contributed by atoms with Gasteiger partial charge in [-0.2, -0.15) is 0 Å². The van der Waals surface area contributed by atoms with E-state index in [4.69, 9.17) is 9.84 Å². The third-order valence-electron chi connectivity index (χ3n) is 5.30. The van der Waals surface area contributed by atoms with E-state index in [1.54, 1.807) is 4.90 Å². The maximum Gasteiger partial charge on any atom is 0.317 e. The number of likely N-dealkylation sites (N-methyl/N-ethyl adjacent to an activating group) is 2. The lowest BCUT2D eigenvalue weighted by Crippen LogP contribution is -2.57. The normalized spacial score (nSPS) is 29.3. The number of rotatable bonds is 8. The van der Waals surface area contributed by atoms with Crippen LogP contribution < -0.4 is 5.32 Å². The molecule has 0 aromatic heterocycles. The van der Waals surface area contributed by atoms with Crippen LogP contribution in [0.3, 0.4) is 0 Å². The first-order chi connectivity index (χ1) is 12.3. The fraction of sp³-hybridized carbons (Fsp3) is 0.889. The minimum atomic E-state index is -0.800. The fourth-order valence-corrected chi connectivity index (χ4v) is 3.82. The molecule has 0 unspecified atom stereocenters. The molecule has 2 amide bonds. The number of amides is 2. The lowest BCUT2D eigenvalue weighted by molar-refractivity contribution is -0.139. The minimum absolute atomic E-state index is 0.0518. The lowest BCUT2D eigenvalue weighted by atomic mass is 9.85. The molecule has 0 aromatic rings. The summed E-state index contributed by atoms with van der Waals surface area (Å²) in [7, 11) is 1.82. The number of ether oxygens (including phenoxy) is 1. The molecular formula is C18H34N4O4. The van der Waals surface area contributed by atoms with E-state index in [1.165, 1.54) is 0 Å². The summed E-state index contributed by atoms with van der Waals surface area (Å²) in [5, 5.41) is 12.0. The smallest absolute Gasteiger partial charge is 0.317 e. The largest absolute Gasteiger partial charge is 0.480 e. The predicted molar refractivity (Wildman–Crippen MR) is 99.3 cm³/mol. The number of hydrogen-bond acceptors (Lipinski definition) is 5. The van der Waals surface area contributed by atoms with Crippen molar-refractivity contribution >= 4 is 12.0 Å². The zero-order valence-electron chi connectivity index (χ0n) is 16.5. The number of hydrogen-bond donors (Lipinski definition) is 2. The molecule has 1 heterocycles. The molecule has 0 spiro atoms. The van der Waals surface area contributed by atoms with E-state index < -0.39 is 5.97 Å². The van der Waals surface area contributed by atoms with Crippen LogP contribution in [-0.4, -0.2) is 102 Å². The number of morpholine rings is 1. The lowest BCUT2D eigenvalue weighted by Gasteiger charge is -2.42. The summed E-state index contributed by atoms with van der Waals surface area (Å²) in [6.07, 6.45) is 2.10. The van der Waals surface area contributed by atoms with Gasteiger partial charge in [-0.3, -0.25) is 14.6 Å². The molecule has 8 nitrogen and oxygen atoms in total. The van der Waals surface area contributed by atoms with Gasteiger partial charge >= 0.3 is 12.0 Å². The number of carboxylic acid groups (broad SMARTS) is 1. The van der Waals surface area contributed by atoms with Crippen LogP contribution in [0.4, 0.5) is 4.79 Å². The Bertz CT molecular complexity index is 474.